The Morgan fingerprint density at radius 2 is 1.60 bits per heavy atom. The highest BCUT2D eigenvalue weighted by Gasteiger charge is 2.34. The molecule has 30 heavy (non-hydrogen) atoms. The van der Waals surface area contributed by atoms with Crippen LogP contribution in [0.25, 0.3) is 0 Å². The van der Waals surface area contributed by atoms with E-state index in [1.165, 1.54) is 24.1 Å². The Labute approximate surface area is 171 Å². The van der Waals surface area contributed by atoms with Crippen molar-refractivity contribution in [2.24, 2.45) is 0 Å². The molecule has 8 heteroatoms. The number of pyridine rings is 1. The highest BCUT2D eigenvalue weighted by molar-refractivity contribution is 6.12. The number of anilines is 3. The number of amides is 1. The fourth-order valence-electron chi connectivity index (χ4n) is 3.60. The van der Waals surface area contributed by atoms with Crippen LogP contribution in [0.15, 0.2) is 42.5 Å². The molecule has 0 N–H and O–H groups in total. The minimum atomic E-state index is -1.12. The first kappa shape index (κ1) is 19.8. The van der Waals surface area contributed by atoms with E-state index in [-0.39, 0.29) is 17.9 Å². The molecule has 0 fully saturated rings. The molecule has 0 aliphatic carbocycles. The fourth-order valence-corrected chi connectivity index (χ4v) is 3.60. The van der Waals surface area contributed by atoms with Crippen molar-refractivity contribution in [3.8, 4) is 5.88 Å². The van der Waals surface area contributed by atoms with Gasteiger partial charge in [-0.1, -0.05) is 0 Å². The maximum absolute atomic E-state index is 14.0. The van der Waals surface area contributed by atoms with Crippen LogP contribution in [0.2, 0.25) is 0 Å². The summed E-state index contributed by atoms with van der Waals surface area (Å²) in [5, 5.41) is 0. The quantitative estimate of drug-likeness (QED) is 0.614. The molecule has 0 saturated heterocycles. The number of benzene rings is 2. The maximum Gasteiger partial charge on any atom is 0.262 e. The summed E-state index contributed by atoms with van der Waals surface area (Å²) in [4.78, 5) is 20.6. The minimum absolute atomic E-state index is 0.000840. The van der Waals surface area contributed by atoms with Crippen LogP contribution in [0.5, 0.6) is 5.88 Å². The molecule has 0 saturated carbocycles. The summed E-state index contributed by atoms with van der Waals surface area (Å²) in [7, 11) is 1.49. The Balaban J connectivity index is 1.90. The van der Waals surface area contributed by atoms with Gasteiger partial charge in [0.2, 0.25) is 5.88 Å². The standard InChI is InChI=1S/C22H18F3N3O2/c1-12-8-14(23)4-5-18(12)27-11-28(19-6-7-21(30-3)26-13(19)2)22(29)15-9-16(24)17(25)10-20(15)27/h4-10H,11H2,1-3H3. The summed E-state index contributed by atoms with van der Waals surface area (Å²) in [6, 6.07) is 9.34. The topological polar surface area (TPSA) is 45.7 Å². The number of ether oxygens (including phenoxy) is 1. The third-order valence-electron chi connectivity index (χ3n) is 5.07. The van der Waals surface area contributed by atoms with Crippen LogP contribution >= 0.6 is 0 Å². The molecule has 3 aromatic rings. The first-order chi connectivity index (χ1) is 14.3. The average molecular weight is 413 g/mol. The number of carbonyl (C=O) groups is 1. The van der Waals surface area contributed by atoms with Gasteiger partial charge in [-0.25, -0.2) is 18.2 Å². The molecule has 5 nitrogen and oxygen atoms in total. The van der Waals surface area contributed by atoms with Gasteiger partial charge in [0.1, 0.15) is 12.5 Å². The van der Waals surface area contributed by atoms with Crippen molar-refractivity contribution in [3.05, 3.63) is 76.7 Å². The van der Waals surface area contributed by atoms with Gasteiger partial charge >= 0.3 is 0 Å². The Hall–Kier alpha value is -3.55. The molecule has 1 aliphatic rings. The van der Waals surface area contributed by atoms with Crippen LogP contribution in [0.4, 0.5) is 30.2 Å². The lowest BCUT2D eigenvalue weighted by Crippen LogP contribution is -2.45. The zero-order valence-electron chi connectivity index (χ0n) is 16.5. The van der Waals surface area contributed by atoms with Crippen LogP contribution in [0.3, 0.4) is 0 Å². The smallest absolute Gasteiger partial charge is 0.262 e. The molecule has 2 aromatic carbocycles. The molecule has 1 aromatic heterocycles. The van der Waals surface area contributed by atoms with Gasteiger partial charge in [0.15, 0.2) is 11.6 Å². The molecule has 0 spiro atoms. The molecule has 1 amide bonds. The number of hydrogen-bond donors (Lipinski definition) is 0. The van der Waals surface area contributed by atoms with Gasteiger partial charge in [0.05, 0.1) is 29.7 Å². The SMILES string of the molecule is COc1ccc(N2CN(c3ccc(F)cc3C)c3cc(F)c(F)cc3C2=O)c(C)n1. The lowest BCUT2D eigenvalue weighted by atomic mass is 10.0. The molecule has 0 radical (unpaired) electrons. The van der Waals surface area contributed by atoms with E-state index in [1.54, 1.807) is 36.9 Å². The lowest BCUT2D eigenvalue weighted by molar-refractivity contribution is 0.0982. The van der Waals surface area contributed by atoms with Gasteiger partial charge in [-0.15, -0.1) is 0 Å². The summed E-state index contributed by atoms with van der Waals surface area (Å²) in [6.07, 6.45) is 0. The zero-order valence-corrected chi connectivity index (χ0v) is 16.5. The van der Waals surface area contributed by atoms with Crippen molar-refractivity contribution < 1.29 is 22.7 Å². The molecule has 2 heterocycles. The van der Waals surface area contributed by atoms with E-state index in [1.807, 2.05) is 0 Å². The second-order valence-corrected chi connectivity index (χ2v) is 6.98. The lowest BCUT2D eigenvalue weighted by Gasteiger charge is -2.39. The molecule has 0 unspecified atom stereocenters. The van der Waals surface area contributed by atoms with Gasteiger partial charge in [0, 0.05) is 17.8 Å². The molecular weight excluding hydrogens is 395 g/mol. The van der Waals surface area contributed by atoms with E-state index in [0.717, 1.165) is 12.1 Å². The molecule has 0 bridgehead atoms. The minimum Gasteiger partial charge on any atom is -0.481 e. The summed E-state index contributed by atoms with van der Waals surface area (Å²) < 4.78 is 46.8. The summed E-state index contributed by atoms with van der Waals surface area (Å²) >= 11 is 0. The van der Waals surface area contributed by atoms with Gasteiger partial charge in [-0.2, -0.15) is 0 Å². The van der Waals surface area contributed by atoms with E-state index in [0.29, 0.717) is 28.5 Å². The van der Waals surface area contributed by atoms with E-state index in [9.17, 15) is 18.0 Å². The fraction of sp³-hybridized carbons (Fsp3) is 0.182. The van der Waals surface area contributed by atoms with Crippen LogP contribution in [-0.4, -0.2) is 24.7 Å². The number of hydrogen-bond acceptors (Lipinski definition) is 4. The van der Waals surface area contributed by atoms with E-state index in [4.69, 9.17) is 4.74 Å². The molecular formula is C22H18F3N3O2. The molecule has 1 aliphatic heterocycles. The maximum atomic E-state index is 14.0. The van der Waals surface area contributed by atoms with Crippen LogP contribution < -0.4 is 14.5 Å². The molecule has 154 valence electrons. The zero-order chi connectivity index (χ0) is 21.6. The second kappa shape index (κ2) is 7.37. The normalized spacial score (nSPS) is 13.5. The predicted octanol–water partition coefficient (Wildman–Crippen LogP) is 4.88. The third kappa shape index (κ3) is 3.24. The van der Waals surface area contributed by atoms with Crippen molar-refractivity contribution in [1.29, 1.82) is 0 Å². The van der Waals surface area contributed by atoms with Gasteiger partial charge in [0.25, 0.3) is 5.91 Å². The Kier molecular flexibility index (Phi) is 4.85. The highest BCUT2D eigenvalue weighted by Crippen LogP contribution is 2.38. The number of rotatable bonds is 3. The Morgan fingerprint density at radius 3 is 2.27 bits per heavy atom. The van der Waals surface area contributed by atoms with Crippen molar-refractivity contribution in [1.82, 2.24) is 4.98 Å². The third-order valence-corrected chi connectivity index (χ3v) is 5.07. The van der Waals surface area contributed by atoms with Crippen molar-refractivity contribution in [2.75, 3.05) is 23.6 Å². The number of nitrogens with zero attached hydrogens (tertiary/aromatic N) is 3. The second-order valence-electron chi connectivity index (χ2n) is 6.98. The summed E-state index contributed by atoms with van der Waals surface area (Å²) in [5.74, 6) is -2.70. The molecule has 4 rings (SSSR count). The van der Waals surface area contributed by atoms with Crippen molar-refractivity contribution in [2.45, 2.75) is 13.8 Å². The summed E-state index contributed by atoms with van der Waals surface area (Å²) in [5.41, 5.74) is 2.40. The molecule has 0 atom stereocenters. The Bertz CT molecular complexity index is 1170. The number of halogens is 3. The van der Waals surface area contributed by atoms with Crippen LogP contribution in [0, 0.1) is 31.3 Å². The van der Waals surface area contributed by atoms with Gasteiger partial charge in [-0.3, -0.25) is 9.69 Å². The Morgan fingerprint density at radius 1 is 0.900 bits per heavy atom. The average Bonchev–Trinajstić information content (AvgIpc) is 2.71. The first-order valence-electron chi connectivity index (χ1n) is 9.16. The van der Waals surface area contributed by atoms with E-state index in [2.05, 4.69) is 4.98 Å². The number of aryl methyl sites for hydroxylation is 2. The number of methoxy groups -OCH3 is 1. The largest absolute Gasteiger partial charge is 0.481 e. The first-order valence-corrected chi connectivity index (χ1v) is 9.16. The number of fused-ring (bicyclic) bond motifs is 1. The van der Waals surface area contributed by atoms with Crippen molar-refractivity contribution in [3.63, 3.8) is 0 Å². The number of aromatic nitrogens is 1. The van der Waals surface area contributed by atoms with Crippen molar-refractivity contribution >= 4 is 23.0 Å². The van der Waals surface area contributed by atoms with Crippen LogP contribution in [-0.2, 0) is 0 Å². The van der Waals surface area contributed by atoms with E-state index >= 15 is 0 Å². The predicted molar refractivity (Wildman–Crippen MR) is 107 cm³/mol. The monoisotopic (exact) mass is 413 g/mol. The number of carbonyl (C=O) groups excluding carboxylic acids is 1. The summed E-state index contributed by atoms with van der Waals surface area (Å²) in [6.45, 7) is 3.44. The van der Waals surface area contributed by atoms with Gasteiger partial charge in [-0.05, 0) is 49.7 Å². The van der Waals surface area contributed by atoms with E-state index < -0.39 is 23.4 Å². The van der Waals surface area contributed by atoms with Crippen LogP contribution in [0.1, 0.15) is 21.6 Å². The highest BCUT2D eigenvalue weighted by atomic mass is 19.2. The van der Waals surface area contributed by atoms with Gasteiger partial charge < -0.3 is 9.64 Å².